The number of hydrogen-bond acceptors (Lipinski definition) is 4. The van der Waals surface area contributed by atoms with Crippen molar-refractivity contribution in [2.24, 2.45) is 0 Å². The number of benzene rings is 1. The Balaban J connectivity index is 2.02. The third kappa shape index (κ3) is 5.79. The van der Waals surface area contributed by atoms with Crippen LogP contribution in [0.3, 0.4) is 0 Å². The molecule has 1 heterocycles. The Labute approximate surface area is 156 Å². The van der Waals surface area contributed by atoms with E-state index in [1.807, 2.05) is 43.7 Å². The van der Waals surface area contributed by atoms with Gasteiger partial charge in [-0.15, -0.1) is 0 Å². The number of carbonyl (C=O) groups is 2. The predicted octanol–water partition coefficient (Wildman–Crippen LogP) is 3.63. The Morgan fingerprint density at radius 2 is 1.88 bits per heavy atom. The van der Waals surface area contributed by atoms with Gasteiger partial charge >= 0.3 is 6.03 Å². The minimum atomic E-state index is -0.508. The van der Waals surface area contributed by atoms with Crippen molar-refractivity contribution in [1.82, 2.24) is 20.2 Å². The zero-order valence-electron chi connectivity index (χ0n) is 14.5. The van der Waals surface area contributed by atoms with Gasteiger partial charge < -0.3 is 5.32 Å². The molecule has 25 heavy (non-hydrogen) atoms. The van der Waals surface area contributed by atoms with E-state index in [9.17, 15) is 9.59 Å². The van der Waals surface area contributed by atoms with Crippen LogP contribution in [-0.2, 0) is 4.79 Å². The molecule has 1 aromatic heterocycles. The maximum absolute atomic E-state index is 12.2. The highest BCUT2D eigenvalue weighted by Gasteiger charge is 2.21. The summed E-state index contributed by atoms with van der Waals surface area (Å²) in [5.74, 6) is -0.377. The van der Waals surface area contributed by atoms with Crippen molar-refractivity contribution < 1.29 is 9.59 Å². The van der Waals surface area contributed by atoms with E-state index >= 15 is 0 Å². The van der Waals surface area contributed by atoms with Crippen LogP contribution < -0.4 is 10.6 Å². The number of amides is 3. The summed E-state index contributed by atoms with van der Waals surface area (Å²) >= 11 is 7.18. The van der Waals surface area contributed by atoms with Crippen LogP contribution in [0.2, 0.25) is 5.02 Å². The fraction of sp³-hybridized carbons (Fsp3) is 0.353. The van der Waals surface area contributed by atoms with E-state index in [1.54, 1.807) is 25.3 Å². The number of thioether (sulfide) groups is 1. The minimum absolute atomic E-state index is 0.377. The Kier molecular flexibility index (Phi) is 6.13. The monoisotopic (exact) mass is 380 g/mol. The molecule has 0 bridgehead atoms. The molecule has 8 heteroatoms. The van der Waals surface area contributed by atoms with Crippen LogP contribution in [0.5, 0.6) is 0 Å². The summed E-state index contributed by atoms with van der Waals surface area (Å²) < 4.78 is 1.86. The van der Waals surface area contributed by atoms with Crippen molar-refractivity contribution in [3.8, 4) is 5.69 Å². The maximum Gasteiger partial charge on any atom is 0.321 e. The minimum Gasteiger partial charge on any atom is -0.333 e. The molecular formula is C17H21ClN4O2S. The highest BCUT2D eigenvalue weighted by atomic mass is 35.5. The molecule has 1 aromatic carbocycles. The molecule has 1 atom stereocenters. The van der Waals surface area contributed by atoms with Crippen LogP contribution in [0.4, 0.5) is 4.79 Å². The third-order valence-corrected chi connectivity index (χ3v) is 4.42. The number of nitrogens with zero attached hydrogens (tertiary/aromatic N) is 2. The Morgan fingerprint density at radius 1 is 1.24 bits per heavy atom. The van der Waals surface area contributed by atoms with Crippen molar-refractivity contribution in [3.05, 3.63) is 41.7 Å². The molecule has 0 saturated heterocycles. The van der Waals surface area contributed by atoms with Gasteiger partial charge in [0.05, 0.1) is 5.25 Å². The Morgan fingerprint density at radius 3 is 2.48 bits per heavy atom. The van der Waals surface area contributed by atoms with Crippen molar-refractivity contribution in [1.29, 1.82) is 0 Å². The fourth-order valence-electron chi connectivity index (χ4n) is 1.97. The first-order chi connectivity index (χ1) is 11.7. The summed E-state index contributed by atoms with van der Waals surface area (Å²) in [6.45, 7) is 7.26. The second-order valence-electron chi connectivity index (χ2n) is 6.51. The van der Waals surface area contributed by atoms with Crippen LogP contribution in [0.1, 0.15) is 27.7 Å². The largest absolute Gasteiger partial charge is 0.333 e. The van der Waals surface area contributed by atoms with Gasteiger partial charge in [0.15, 0.2) is 5.16 Å². The summed E-state index contributed by atoms with van der Waals surface area (Å²) in [4.78, 5) is 28.3. The first-order valence-corrected chi connectivity index (χ1v) is 9.00. The summed E-state index contributed by atoms with van der Waals surface area (Å²) in [7, 11) is 0. The van der Waals surface area contributed by atoms with E-state index in [0.29, 0.717) is 10.2 Å². The van der Waals surface area contributed by atoms with Crippen LogP contribution in [0.25, 0.3) is 5.69 Å². The molecule has 2 aromatic rings. The average molecular weight is 381 g/mol. The van der Waals surface area contributed by atoms with Gasteiger partial charge in [0.1, 0.15) is 0 Å². The first-order valence-electron chi connectivity index (χ1n) is 7.75. The number of urea groups is 1. The summed E-state index contributed by atoms with van der Waals surface area (Å²) in [5.41, 5.74) is 0.480. The van der Waals surface area contributed by atoms with Crippen LogP contribution >= 0.6 is 23.4 Å². The van der Waals surface area contributed by atoms with Gasteiger partial charge in [-0.1, -0.05) is 23.4 Å². The number of imidazole rings is 1. The SMILES string of the molecule is C[C@H](Sc1nccn1-c1ccc(Cl)cc1)C(=O)NC(=O)NC(C)(C)C. The quantitative estimate of drug-likeness (QED) is 0.794. The van der Waals surface area contributed by atoms with Gasteiger partial charge in [-0.25, -0.2) is 9.78 Å². The predicted molar refractivity (Wildman–Crippen MR) is 100 cm³/mol. The molecule has 134 valence electrons. The van der Waals surface area contributed by atoms with Gasteiger partial charge in [0.2, 0.25) is 5.91 Å². The molecule has 0 unspecified atom stereocenters. The van der Waals surface area contributed by atoms with E-state index in [0.717, 1.165) is 5.69 Å². The van der Waals surface area contributed by atoms with E-state index < -0.39 is 16.8 Å². The summed E-state index contributed by atoms with van der Waals surface area (Å²) in [6, 6.07) is 6.81. The molecule has 6 nitrogen and oxygen atoms in total. The second-order valence-corrected chi connectivity index (χ2v) is 8.25. The number of rotatable bonds is 4. The molecule has 0 radical (unpaired) electrons. The van der Waals surface area contributed by atoms with E-state index in [-0.39, 0.29) is 5.91 Å². The second kappa shape index (κ2) is 7.93. The standard InChI is InChI=1S/C17H21ClN4O2S/c1-11(14(23)20-15(24)21-17(2,3)4)25-16-19-9-10-22(16)13-7-5-12(18)6-8-13/h5-11H,1-4H3,(H2,20,21,23,24)/t11-/m0/s1. The highest BCUT2D eigenvalue weighted by Crippen LogP contribution is 2.25. The maximum atomic E-state index is 12.2. The number of hydrogen-bond donors (Lipinski definition) is 2. The smallest absolute Gasteiger partial charge is 0.321 e. The van der Waals surface area contributed by atoms with Gasteiger partial charge in [-0.3, -0.25) is 14.7 Å². The fourth-order valence-corrected chi connectivity index (χ4v) is 2.98. The van der Waals surface area contributed by atoms with Gasteiger partial charge in [0.25, 0.3) is 0 Å². The van der Waals surface area contributed by atoms with Crippen molar-refractivity contribution in [3.63, 3.8) is 0 Å². The zero-order valence-corrected chi connectivity index (χ0v) is 16.1. The number of nitrogens with one attached hydrogen (secondary N) is 2. The number of aromatic nitrogens is 2. The summed E-state index contributed by atoms with van der Waals surface area (Å²) in [6.07, 6.45) is 3.47. The van der Waals surface area contributed by atoms with Gasteiger partial charge in [-0.05, 0) is 52.0 Å². The number of imide groups is 1. The Hall–Kier alpha value is -1.99. The molecule has 0 aliphatic carbocycles. The molecule has 0 saturated carbocycles. The van der Waals surface area contributed by atoms with Crippen LogP contribution in [0.15, 0.2) is 41.8 Å². The molecule has 3 amide bonds. The molecule has 0 spiro atoms. The van der Waals surface area contributed by atoms with Crippen LogP contribution in [-0.4, -0.2) is 32.3 Å². The van der Waals surface area contributed by atoms with Crippen molar-refractivity contribution in [2.75, 3.05) is 0 Å². The molecule has 2 rings (SSSR count). The van der Waals surface area contributed by atoms with Crippen LogP contribution in [0, 0.1) is 0 Å². The molecule has 0 fully saturated rings. The molecule has 0 aliphatic heterocycles. The third-order valence-electron chi connectivity index (χ3n) is 3.09. The normalized spacial score (nSPS) is 12.5. The van der Waals surface area contributed by atoms with Crippen molar-refractivity contribution >= 4 is 35.3 Å². The first kappa shape index (κ1) is 19.3. The Bertz CT molecular complexity index is 753. The topological polar surface area (TPSA) is 76.0 Å². The molecule has 2 N–H and O–H groups in total. The molecule has 0 aliphatic rings. The van der Waals surface area contributed by atoms with E-state index in [4.69, 9.17) is 11.6 Å². The van der Waals surface area contributed by atoms with Gasteiger partial charge in [0, 0.05) is 28.6 Å². The lowest BCUT2D eigenvalue weighted by atomic mass is 10.1. The lowest BCUT2D eigenvalue weighted by Gasteiger charge is -2.21. The summed E-state index contributed by atoms with van der Waals surface area (Å²) in [5, 5.41) is 5.86. The number of carbonyl (C=O) groups excluding carboxylic acids is 2. The van der Waals surface area contributed by atoms with E-state index in [1.165, 1.54) is 11.8 Å². The zero-order chi connectivity index (χ0) is 18.6. The molecular weight excluding hydrogens is 360 g/mol. The lowest BCUT2D eigenvalue weighted by Crippen LogP contribution is -2.49. The van der Waals surface area contributed by atoms with Crippen molar-refractivity contribution in [2.45, 2.75) is 43.6 Å². The van der Waals surface area contributed by atoms with E-state index in [2.05, 4.69) is 15.6 Å². The van der Waals surface area contributed by atoms with Gasteiger partial charge in [-0.2, -0.15) is 0 Å². The average Bonchev–Trinajstić information content (AvgIpc) is 2.94. The lowest BCUT2D eigenvalue weighted by molar-refractivity contribution is -0.119. The number of halogens is 1. The highest BCUT2D eigenvalue weighted by molar-refractivity contribution is 8.00.